The number of fused-ring (bicyclic) bond motifs is 2. The van der Waals surface area contributed by atoms with Gasteiger partial charge in [0.25, 0.3) is 5.91 Å². The highest BCUT2D eigenvalue weighted by Gasteiger charge is 2.39. The zero-order valence-corrected chi connectivity index (χ0v) is 15.4. The number of thiocarbonyl (C=S) groups is 1. The molecule has 0 aliphatic carbocycles. The van der Waals surface area contributed by atoms with E-state index in [0.717, 1.165) is 43.8 Å². The highest BCUT2D eigenvalue weighted by molar-refractivity contribution is 7.80. The summed E-state index contributed by atoms with van der Waals surface area (Å²) >= 11 is 5.60. The second-order valence-corrected chi connectivity index (χ2v) is 7.41. The van der Waals surface area contributed by atoms with Crippen molar-refractivity contribution in [2.75, 3.05) is 6.54 Å². The van der Waals surface area contributed by atoms with E-state index in [0.29, 0.717) is 17.6 Å². The van der Waals surface area contributed by atoms with E-state index < -0.39 is 0 Å². The number of halogens is 1. The van der Waals surface area contributed by atoms with Crippen LogP contribution < -0.4 is 10.6 Å². The van der Waals surface area contributed by atoms with Crippen LogP contribution in [0.5, 0.6) is 0 Å². The van der Waals surface area contributed by atoms with Crippen LogP contribution in [-0.2, 0) is 0 Å². The average molecular weight is 364 g/mol. The molecule has 25 heavy (non-hydrogen) atoms. The summed E-state index contributed by atoms with van der Waals surface area (Å²) in [5, 5.41) is 7.35. The minimum Gasteiger partial charge on any atom is -0.363 e. The molecule has 0 radical (unpaired) electrons. The molecule has 2 bridgehead atoms. The van der Waals surface area contributed by atoms with E-state index in [-0.39, 0.29) is 17.8 Å². The molecule has 2 atom stereocenters. The maximum Gasteiger partial charge on any atom is 0.251 e. The van der Waals surface area contributed by atoms with Crippen LogP contribution in [0.1, 0.15) is 55.8 Å². The van der Waals surface area contributed by atoms with Gasteiger partial charge in [0.15, 0.2) is 5.11 Å². The van der Waals surface area contributed by atoms with Gasteiger partial charge in [-0.25, -0.2) is 4.39 Å². The summed E-state index contributed by atoms with van der Waals surface area (Å²) < 4.78 is 13.0. The highest BCUT2D eigenvalue weighted by Crippen LogP contribution is 2.34. The number of carbonyl (C=O) groups excluding carboxylic acids is 1. The quantitative estimate of drug-likeness (QED) is 0.806. The first kappa shape index (κ1) is 18.1. The molecule has 1 amide bonds. The zero-order valence-electron chi connectivity index (χ0n) is 14.6. The van der Waals surface area contributed by atoms with Crippen LogP contribution in [0, 0.1) is 5.82 Å². The first-order chi connectivity index (χ1) is 12.1. The fourth-order valence-corrected chi connectivity index (χ4v) is 4.42. The molecule has 2 aliphatic heterocycles. The van der Waals surface area contributed by atoms with Gasteiger partial charge in [-0.05, 0) is 75.0 Å². The molecule has 2 aliphatic rings. The number of piperidine rings is 2. The van der Waals surface area contributed by atoms with Crippen LogP contribution in [0.25, 0.3) is 0 Å². The highest BCUT2D eigenvalue weighted by atomic mass is 32.1. The number of nitrogens with one attached hydrogen (secondary N) is 2. The Morgan fingerprint density at radius 3 is 2.48 bits per heavy atom. The Kier molecular flexibility index (Phi) is 5.89. The minimum atomic E-state index is -0.326. The van der Waals surface area contributed by atoms with Crippen molar-refractivity contribution in [3.05, 3.63) is 35.6 Å². The van der Waals surface area contributed by atoms with E-state index in [9.17, 15) is 9.18 Å². The van der Waals surface area contributed by atoms with E-state index in [1.54, 1.807) is 0 Å². The standard InChI is InChI=1S/C19H26FN3OS/c1-2-10-21-19(25)23-16-4-3-5-17(23)12-15(11-16)22-18(24)13-6-8-14(20)9-7-13/h6-9,15-17H,2-5,10-12H2,1H3,(H,21,25)(H,22,24)/t16-,17-/m0/s1. The Labute approximate surface area is 154 Å². The van der Waals surface area contributed by atoms with E-state index >= 15 is 0 Å². The molecule has 0 saturated carbocycles. The summed E-state index contributed by atoms with van der Waals surface area (Å²) in [6.07, 6.45) is 6.34. The molecule has 2 N–H and O–H groups in total. The van der Waals surface area contributed by atoms with Crippen LogP contribution in [0.15, 0.2) is 24.3 Å². The zero-order chi connectivity index (χ0) is 17.8. The molecular weight excluding hydrogens is 337 g/mol. The molecule has 0 unspecified atom stereocenters. The number of carbonyl (C=O) groups is 1. The molecular formula is C19H26FN3OS. The summed E-state index contributed by atoms with van der Waals surface area (Å²) in [5.41, 5.74) is 0.508. The molecule has 6 heteroatoms. The first-order valence-corrected chi connectivity index (χ1v) is 9.62. The Morgan fingerprint density at radius 1 is 1.24 bits per heavy atom. The van der Waals surface area contributed by atoms with Gasteiger partial charge in [0.2, 0.25) is 0 Å². The number of amides is 1. The third-order valence-electron chi connectivity index (χ3n) is 5.18. The van der Waals surface area contributed by atoms with Gasteiger partial charge in [-0.15, -0.1) is 0 Å². The lowest BCUT2D eigenvalue weighted by molar-refractivity contribution is 0.0740. The smallest absolute Gasteiger partial charge is 0.251 e. The molecule has 2 heterocycles. The van der Waals surface area contributed by atoms with Crippen molar-refractivity contribution in [1.29, 1.82) is 0 Å². The third kappa shape index (κ3) is 4.29. The van der Waals surface area contributed by atoms with Gasteiger partial charge in [-0.1, -0.05) is 6.92 Å². The second-order valence-electron chi connectivity index (χ2n) is 7.03. The molecule has 2 saturated heterocycles. The molecule has 1 aromatic carbocycles. The average Bonchev–Trinajstić information content (AvgIpc) is 2.59. The lowest BCUT2D eigenvalue weighted by Crippen LogP contribution is -2.60. The monoisotopic (exact) mass is 363 g/mol. The summed E-state index contributed by atoms with van der Waals surface area (Å²) in [6, 6.07) is 6.65. The topological polar surface area (TPSA) is 44.4 Å². The molecule has 0 spiro atoms. The largest absolute Gasteiger partial charge is 0.363 e. The number of hydrogen-bond donors (Lipinski definition) is 2. The van der Waals surface area contributed by atoms with Crippen LogP contribution >= 0.6 is 12.2 Å². The van der Waals surface area contributed by atoms with E-state index in [4.69, 9.17) is 12.2 Å². The van der Waals surface area contributed by atoms with Crippen molar-refractivity contribution in [3.63, 3.8) is 0 Å². The minimum absolute atomic E-state index is 0.122. The van der Waals surface area contributed by atoms with Crippen molar-refractivity contribution in [1.82, 2.24) is 15.5 Å². The maximum absolute atomic E-state index is 13.0. The number of benzene rings is 1. The first-order valence-electron chi connectivity index (χ1n) is 9.21. The Bertz CT molecular complexity index is 608. The third-order valence-corrected chi connectivity index (χ3v) is 5.53. The van der Waals surface area contributed by atoms with E-state index in [2.05, 4.69) is 22.5 Å². The summed E-state index contributed by atoms with van der Waals surface area (Å²) in [6.45, 7) is 3.03. The van der Waals surface area contributed by atoms with E-state index in [1.807, 2.05) is 0 Å². The molecule has 4 nitrogen and oxygen atoms in total. The van der Waals surface area contributed by atoms with Crippen LogP contribution in [0.3, 0.4) is 0 Å². The predicted molar refractivity (Wildman–Crippen MR) is 101 cm³/mol. The van der Waals surface area contributed by atoms with Gasteiger partial charge in [-0.3, -0.25) is 4.79 Å². The SMILES string of the molecule is CCCNC(=S)N1[C@H]2CCC[C@H]1CC(NC(=O)c1ccc(F)cc1)C2. The summed E-state index contributed by atoms with van der Waals surface area (Å²) in [7, 11) is 0. The number of nitrogens with zero attached hydrogens (tertiary/aromatic N) is 1. The second kappa shape index (κ2) is 8.13. The summed E-state index contributed by atoms with van der Waals surface area (Å²) in [4.78, 5) is 14.8. The fourth-order valence-electron chi connectivity index (χ4n) is 4.02. The summed E-state index contributed by atoms with van der Waals surface area (Å²) in [5.74, 6) is -0.448. The van der Waals surface area contributed by atoms with Crippen molar-refractivity contribution in [2.24, 2.45) is 0 Å². The van der Waals surface area contributed by atoms with Crippen LogP contribution in [0.4, 0.5) is 4.39 Å². The molecule has 1 aromatic rings. The van der Waals surface area contributed by atoms with Gasteiger partial charge in [0.1, 0.15) is 5.82 Å². The fraction of sp³-hybridized carbons (Fsp3) is 0.579. The lowest BCUT2D eigenvalue weighted by atomic mass is 9.82. The van der Waals surface area contributed by atoms with Gasteiger partial charge in [0.05, 0.1) is 0 Å². The van der Waals surface area contributed by atoms with Gasteiger partial charge < -0.3 is 15.5 Å². The van der Waals surface area contributed by atoms with E-state index in [1.165, 1.54) is 30.7 Å². The predicted octanol–water partition coefficient (Wildman–Crippen LogP) is 3.23. The maximum atomic E-state index is 13.0. The van der Waals surface area contributed by atoms with Crippen molar-refractivity contribution in [2.45, 2.75) is 63.6 Å². The molecule has 136 valence electrons. The Morgan fingerprint density at radius 2 is 1.88 bits per heavy atom. The Balaban J connectivity index is 1.62. The number of rotatable bonds is 4. The van der Waals surface area contributed by atoms with Crippen LogP contribution in [0.2, 0.25) is 0 Å². The van der Waals surface area contributed by atoms with Crippen LogP contribution in [-0.4, -0.2) is 40.6 Å². The Hall–Kier alpha value is -1.69. The van der Waals surface area contributed by atoms with Gasteiger partial charge in [0, 0.05) is 30.2 Å². The molecule has 2 fully saturated rings. The molecule has 3 rings (SSSR count). The lowest BCUT2D eigenvalue weighted by Gasteiger charge is -2.50. The van der Waals surface area contributed by atoms with Crippen molar-refractivity contribution < 1.29 is 9.18 Å². The normalized spacial score (nSPS) is 25.4. The van der Waals surface area contributed by atoms with Gasteiger partial charge >= 0.3 is 0 Å². The van der Waals surface area contributed by atoms with Gasteiger partial charge in [-0.2, -0.15) is 0 Å². The van der Waals surface area contributed by atoms with Crippen molar-refractivity contribution in [3.8, 4) is 0 Å². The van der Waals surface area contributed by atoms with Crippen molar-refractivity contribution >= 4 is 23.2 Å². The molecule has 0 aromatic heterocycles. The number of hydrogen-bond acceptors (Lipinski definition) is 2.